The molecular formula is C20H13N3O3S. The van der Waals surface area contributed by atoms with Gasteiger partial charge in [0.05, 0.1) is 18.5 Å². The third-order valence-electron chi connectivity index (χ3n) is 4.27. The quantitative estimate of drug-likeness (QED) is 0.500. The number of thiophene rings is 1. The number of diazo groups is 1. The average molecular weight is 375 g/mol. The van der Waals surface area contributed by atoms with E-state index in [0.717, 1.165) is 10.4 Å². The molecule has 2 aromatic heterocycles. The number of rotatable bonds is 3. The van der Waals surface area contributed by atoms with Crippen molar-refractivity contribution in [2.24, 2.45) is 0 Å². The van der Waals surface area contributed by atoms with Crippen LogP contribution in [0.5, 0.6) is 11.6 Å². The van der Waals surface area contributed by atoms with Crippen LogP contribution in [0.25, 0.3) is 31.3 Å². The van der Waals surface area contributed by atoms with Crippen molar-refractivity contribution in [3.63, 3.8) is 0 Å². The van der Waals surface area contributed by atoms with Crippen molar-refractivity contribution in [3.8, 4) is 27.8 Å². The number of benzene rings is 2. The van der Waals surface area contributed by atoms with E-state index in [2.05, 4.69) is 4.98 Å². The van der Waals surface area contributed by atoms with Gasteiger partial charge in [0.1, 0.15) is 10.4 Å². The topological polar surface area (TPSA) is 82.4 Å². The van der Waals surface area contributed by atoms with Crippen molar-refractivity contribution >= 4 is 27.2 Å². The second-order valence-electron chi connectivity index (χ2n) is 5.81. The average Bonchev–Trinajstić information content (AvgIpc) is 3.15. The molecule has 0 fully saturated rings. The fraction of sp³-hybridized carbons (Fsp3) is 0.0500. The van der Waals surface area contributed by atoms with Crippen molar-refractivity contribution in [1.82, 2.24) is 4.57 Å². The molecule has 0 unspecified atom stereocenters. The summed E-state index contributed by atoms with van der Waals surface area (Å²) in [6.45, 7) is 0. The lowest BCUT2D eigenvalue weighted by molar-refractivity contribution is -0.275. The highest BCUT2D eigenvalue weighted by molar-refractivity contribution is 7.22. The Hall–Kier alpha value is -3.63. The fourth-order valence-electron chi connectivity index (χ4n) is 2.95. The summed E-state index contributed by atoms with van der Waals surface area (Å²) in [5, 5.41) is 22.1. The lowest BCUT2D eigenvalue weighted by Gasteiger charge is -2.16. The first-order valence-electron chi connectivity index (χ1n) is 8.08. The lowest BCUT2D eigenvalue weighted by Crippen LogP contribution is -2.12. The van der Waals surface area contributed by atoms with Gasteiger partial charge < -0.3 is 14.4 Å². The summed E-state index contributed by atoms with van der Waals surface area (Å²) in [7, 11) is 1.55. The zero-order valence-electron chi connectivity index (χ0n) is 14.2. The number of nitrogens with zero attached hydrogens (tertiary/aromatic N) is 3. The van der Waals surface area contributed by atoms with Crippen molar-refractivity contribution < 1.29 is 9.84 Å². The Bertz CT molecular complexity index is 1240. The van der Waals surface area contributed by atoms with Gasteiger partial charge in [-0.1, -0.05) is 30.3 Å². The van der Waals surface area contributed by atoms with Gasteiger partial charge in [0.15, 0.2) is 4.98 Å². The van der Waals surface area contributed by atoms with E-state index in [0.29, 0.717) is 21.7 Å². The van der Waals surface area contributed by atoms with Crippen molar-refractivity contribution in [3.05, 3.63) is 75.9 Å². The van der Waals surface area contributed by atoms with E-state index >= 15 is 0 Å². The zero-order chi connectivity index (χ0) is 19.0. The van der Waals surface area contributed by atoms with Crippen LogP contribution in [0.3, 0.4) is 0 Å². The summed E-state index contributed by atoms with van der Waals surface area (Å²) in [5.41, 5.74) is 0.892. The van der Waals surface area contributed by atoms with Crippen LogP contribution in [-0.4, -0.2) is 11.7 Å². The minimum absolute atomic E-state index is 0.358. The van der Waals surface area contributed by atoms with Crippen LogP contribution in [0.4, 0.5) is 5.69 Å². The molecule has 2 aromatic carbocycles. The van der Waals surface area contributed by atoms with Crippen LogP contribution in [0.1, 0.15) is 0 Å². The van der Waals surface area contributed by atoms with Crippen LogP contribution in [0.2, 0.25) is 0 Å². The maximum Gasteiger partial charge on any atom is 0.442 e. The SMILES string of the molecule is COc1ccc(-n2c([O-])c([N+]#N)c(=O)c3sc(-c4ccccc4)cc32)cc1. The predicted octanol–water partition coefficient (Wildman–Crippen LogP) is 4.29. The van der Waals surface area contributed by atoms with Crippen molar-refractivity contribution in [2.45, 2.75) is 0 Å². The molecule has 132 valence electrons. The van der Waals surface area contributed by atoms with Gasteiger partial charge in [-0.2, -0.15) is 0 Å². The molecule has 2 heterocycles. The Morgan fingerprint density at radius 2 is 1.81 bits per heavy atom. The molecule has 0 N–H and O–H groups in total. The predicted molar refractivity (Wildman–Crippen MR) is 104 cm³/mol. The first-order valence-corrected chi connectivity index (χ1v) is 8.90. The van der Waals surface area contributed by atoms with Crippen LogP contribution < -0.4 is 15.3 Å². The smallest absolute Gasteiger partial charge is 0.442 e. The normalized spacial score (nSPS) is 10.7. The van der Waals surface area contributed by atoms with Crippen LogP contribution in [-0.2, 0) is 0 Å². The monoisotopic (exact) mass is 375 g/mol. The molecule has 0 spiro atoms. The lowest BCUT2D eigenvalue weighted by atomic mass is 10.2. The second-order valence-corrected chi connectivity index (χ2v) is 6.86. The van der Waals surface area contributed by atoms with Gasteiger partial charge in [0.25, 0.3) is 5.43 Å². The summed E-state index contributed by atoms with van der Waals surface area (Å²) in [5.74, 6) is -0.0246. The minimum Gasteiger partial charge on any atom is -0.854 e. The van der Waals surface area contributed by atoms with E-state index in [9.17, 15) is 15.3 Å². The van der Waals surface area contributed by atoms with E-state index in [-0.39, 0.29) is 0 Å². The van der Waals surface area contributed by atoms with Crippen molar-refractivity contribution in [2.75, 3.05) is 7.11 Å². The third-order valence-corrected chi connectivity index (χ3v) is 5.44. The van der Waals surface area contributed by atoms with E-state index < -0.39 is 17.0 Å². The molecule has 0 aliphatic heterocycles. The molecular weight excluding hydrogens is 362 g/mol. The van der Waals surface area contributed by atoms with E-state index in [4.69, 9.17) is 4.74 Å². The van der Waals surface area contributed by atoms with Gasteiger partial charge in [-0.15, -0.1) is 11.3 Å². The minimum atomic E-state index is -0.669. The number of hydrogen-bond acceptors (Lipinski definition) is 5. The van der Waals surface area contributed by atoms with Crippen LogP contribution >= 0.6 is 11.3 Å². The summed E-state index contributed by atoms with van der Waals surface area (Å²) >= 11 is 1.26. The molecule has 7 heteroatoms. The summed E-state index contributed by atoms with van der Waals surface area (Å²) in [4.78, 5) is 16.4. The van der Waals surface area contributed by atoms with Gasteiger partial charge in [-0.3, -0.25) is 4.79 Å². The number of hydrogen-bond donors (Lipinski definition) is 0. The first-order chi connectivity index (χ1) is 13.1. The Kier molecular flexibility index (Phi) is 4.11. The summed E-state index contributed by atoms with van der Waals surface area (Å²) < 4.78 is 6.90. The number of aromatic nitrogens is 1. The van der Waals surface area contributed by atoms with E-state index in [1.165, 1.54) is 15.9 Å². The molecule has 0 aliphatic rings. The van der Waals surface area contributed by atoms with Gasteiger partial charge >= 0.3 is 5.69 Å². The second kappa shape index (κ2) is 6.59. The fourth-order valence-corrected chi connectivity index (χ4v) is 4.04. The van der Waals surface area contributed by atoms with E-state index in [1.54, 1.807) is 31.4 Å². The Balaban J connectivity index is 2.06. The molecule has 0 saturated carbocycles. The standard InChI is InChI=1S/C20H13N3O3S/c1-26-14-9-7-13(8-10-14)23-15-11-16(12-5-3-2-4-6-12)27-19(15)18(24)17(22-21)20(23)25/h2-11H,1H3. The number of fused-ring (bicyclic) bond motifs is 1. The molecule has 0 saturated heterocycles. The molecule has 0 aliphatic carbocycles. The van der Waals surface area contributed by atoms with Gasteiger partial charge in [-0.05, 0) is 35.9 Å². The van der Waals surface area contributed by atoms with E-state index in [1.807, 2.05) is 36.4 Å². The Morgan fingerprint density at radius 1 is 1.11 bits per heavy atom. The Labute approximate surface area is 158 Å². The van der Waals surface area contributed by atoms with Crippen LogP contribution in [0.15, 0.2) is 65.5 Å². The maximum atomic E-state index is 12.8. The zero-order valence-corrected chi connectivity index (χ0v) is 15.1. The highest BCUT2D eigenvalue weighted by Crippen LogP contribution is 2.37. The van der Waals surface area contributed by atoms with Gasteiger partial charge in [0.2, 0.25) is 5.39 Å². The first kappa shape index (κ1) is 16.8. The molecule has 6 nitrogen and oxygen atoms in total. The number of methoxy groups -OCH3 is 1. The molecule has 0 radical (unpaired) electrons. The number of pyridine rings is 1. The third kappa shape index (κ3) is 2.72. The van der Waals surface area contributed by atoms with Crippen LogP contribution in [0, 0.1) is 5.39 Å². The van der Waals surface area contributed by atoms with Gasteiger partial charge in [-0.25, -0.2) is 0 Å². The maximum absolute atomic E-state index is 12.8. The summed E-state index contributed by atoms with van der Waals surface area (Å²) in [6, 6.07) is 18.3. The molecule has 0 atom stereocenters. The molecule has 27 heavy (non-hydrogen) atoms. The molecule has 0 amide bonds. The number of ether oxygens (including phenoxy) is 1. The van der Waals surface area contributed by atoms with Crippen molar-refractivity contribution in [1.29, 1.82) is 5.39 Å². The largest absolute Gasteiger partial charge is 0.854 e. The molecule has 4 aromatic rings. The highest BCUT2D eigenvalue weighted by atomic mass is 32.1. The summed E-state index contributed by atoms with van der Waals surface area (Å²) in [6.07, 6.45) is 0. The molecule has 4 rings (SSSR count). The van der Waals surface area contributed by atoms with Gasteiger partial charge in [0, 0.05) is 10.6 Å². The molecule has 0 bridgehead atoms. The Morgan fingerprint density at radius 3 is 2.44 bits per heavy atom. The highest BCUT2D eigenvalue weighted by Gasteiger charge is 2.23.